The molecule has 1 fully saturated rings. The Labute approximate surface area is 116 Å². The van der Waals surface area contributed by atoms with Gasteiger partial charge in [0.05, 0.1) is 6.61 Å². The maximum Gasteiger partial charge on any atom is 0.123 e. The van der Waals surface area contributed by atoms with Crippen molar-refractivity contribution in [1.82, 2.24) is 0 Å². The SMILES string of the molecule is NCc1ccccc1OCCCOCC1CCCC1. The van der Waals surface area contributed by atoms with E-state index < -0.39 is 0 Å². The first-order chi connectivity index (χ1) is 9.40. The largest absolute Gasteiger partial charge is 0.493 e. The summed E-state index contributed by atoms with van der Waals surface area (Å²) in [5.41, 5.74) is 6.73. The molecule has 106 valence electrons. The molecule has 19 heavy (non-hydrogen) atoms. The predicted molar refractivity (Wildman–Crippen MR) is 77.2 cm³/mol. The molecule has 0 amide bonds. The third kappa shape index (κ3) is 4.84. The van der Waals surface area contributed by atoms with Gasteiger partial charge in [0.15, 0.2) is 0 Å². The first kappa shape index (κ1) is 14.4. The van der Waals surface area contributed by atoms with Crippen LogP contribution in [0.15, 0.2) is 24.3 Å². The summed E-state index contributed by atoms with van der Waals surface area (Å²) >= 11 is 0. The van der Waals surface area contributed by atoms with E-state index in [9.17, 15) is 0 Å². The van der Waals surface area contributed by atoms with Crippen LogP contribution in [0.5, 0.6) is 5.75 Å². The van der Waals surface area contributed by atoms with Gasteiger partial charge in [0.1, 0.15) is 5.75 Å². The second-order valence-corrected chi connectivity index (χ2v) is 5.24. The van der Waals surface area contributed by atoms with Gasteiger partial charge in [-0.2, -0.15) is 0 Å². The maximum atomic E-state index is 5.74. The van der Waals surface area contributed by atoms with E-state index in [1.165, 1.54) is 25.7 Å². The number of nitrogens with two attached hydrogens (primary N) is 1. The Bertz CT molecular complexity index is 362. The molecule has 0 bridgehead atoms. The Morgan fingerprint density at radius 2 is 1.89 bits per heavy atom. The molecule has 0 heterocycles. The Kier molecular flexibility index (Phi) is 6.18. The molecular formula is C16H25NO2. The van der Waals surface area contributed by atoms with Gasteiger partial charge in [-0.25, -0.2) is 0 Å². The van der Waals surface area contributed by atoms with Crippen molar-refractivity contribution in [3.8, 4) is 5.75 Å². The minimum absolute atomic E-state index is 0.522. The summed E-state index contributed by atoms with van der Waals surface area (Å²) in [5.74, 6) is 1.71. The number of hydrogen-bond donors (Lipinski definition) is 1. The highest BCUT2D eigenvalue weighted by Gasteiger charge is 2.14. The van der Waals surface area contributed by atoms with E-state index in [0.29, 0.717) is 13.2 Å². The summed E-state index contributed by atoms with van der Waals surface area (Å²) in [7, 11) is 0. The molecule has 1 aromatic carbocycles. The van der Waals surface area contributed by atoms with Crippen LogP contribution in [0, 0.1) is 5.92 Å². The monoisotopic (exact) mass is 263 g/mol. The van der Waals surface area contributed by atoms with E-state index in [4.69, 9.17) is 15.2 Å². The van der Waals surface area contributed by atoms with Gasteiger partial charge in [0, 0.05) is 31.7 Å². The number of hydrogen-bond acceptors (Lipinski definition) is 3. The van der Waals surface area contributed by atoms with Gasteiger partial charge in [-0.15, -0.1) is 0 Å². The second kappa shape index (κ2) is 8.18. The van der Waals surface area contributed by atoms with Crippen LogP contribution in [0.1, 0.15) is 37.7 Å². The van der Waals surface area contributed by atoms with Crippen molar-refractivity contribution in [2.24, 2.45) is 11.7 Å². The highest BCUT2D eigenvalue weighted by molar-refractivity contribution is 5.32. The molecule has 0 saturated heterocycles. The molecule has 0 radical (unpaired) electrons. The molecule has 0 aromatic heterocycles. The molecule has 2 rings (SSSR count). The standard InChI is InChI=1S/C16H25NO2/c17-12-15-8-3-4-9-16(15)19-11-5-10-18-13-14-6-1-2-7-14/h3-4,8-9,14H,1-2,5-7,10-13,17H2. The van der Waals surface area contributed by atoms with Crippen molar-refractivity contribution in [2.45, 2.75) is 38.6 Å². The Balaban J connectivity index is 1.56. The highest BCUT2D eigenvalue weighted by atomic mass is 16.5. The van der Waals surface area contributed by atoms with Crippen LogP contribution >= 0.6 is 0 Å². The van der Waals surface area contributed by atoms with Crippen LogP contribution in [0.25, 0.3) is 0 Å². The van der Waals surface area contributed by atoms with Crippen LogP contribution in [-0.2, 0) is 11.3 Å². The average molecular weight is 263 g/mol. The van der Waals surface area contributed by atoms with Crippen molar-refractivity contribution < 1.29 is 9.47 Å². The van der Waals surface area contributed by atoms with Crippen molar-refractivity contribution in [3.63, 3.8) is 0 Å². The van der Waals surface area contributed by atoms with E-state index in [1.807, 2.05) is 24.3 Å². The summed E-state index contributed by atoms with van der Waals surface area (Å²) in [5, 5.41) is 0. The lowest BCUT2D eigenvalue weighted by Gasteiger charge is -2.12. The van der Waals surface area contributed by atoms with Crippen LogP contribution in [-0.4, -0.2) is 19.8 Å². The molecule has 2 N–H and O–H groups in total. The Morgan fingerprint density at radius 1 is 1.11 bits per heavy atom. The molecule has 0 spiro atoms. The van der Waals surface area contributed by atoms with E-state index in [1.54, 1.807) is 0 Å². The van der Waals surface area contributed by atoms with E-state index in [2.05, 4.69) is 0 Å². The molecule has 3 heteroatoms. The number of ether oxygens (including phenoxy) is 2. The van der Waals surface area contributed by atoms with Gasteiger partial charge >= 0.3 is 0 Å². The minimum Gasteiger partial charge on any atom is -0.493 e. The van der Waals surface area contributed by atoms with Crippen LogP contribution in [0.4, 0.5) is 0 Å². The lowest BCUT2D eigenvalue weighted by Crippen LogP contribution is -2.09. The summed E-state index contributed by atoms with van der Waals surface area (Å²) in [6.07, 6.45) is 6.40. The maximum absolute atomic E-state index is 5.74. The molecule has 1 aliphatic carbocycles. The molecule has 0 aliphatic heterocycles. The molecular weight excluding hydrogens is 238 g/mol. The van der Waals surface area contributed by atoms with Gasteiger partial charge in [-0.1, -0.05) is 31.0 Å². The van der Waals surface area contributed by atoms with Crippen molar-refractivity contribution in [2.75, 3.05) is 19.8 Å². The van der Waals surface area contributed by atoms with Crippen LogP contribution in [0.3, 0.4) is 0 Å². The number of rotatable bonds is 8. The summed E-state index contributed by atoms with van der Waals surface area (Å²) in [4.78, 5) is 0. The van der Waals surface area contributed by atoms with Gasteiger partial charge in [0.25, 0.3) is 0 Å². The first-order valence-electron chi connectivity index (χ1n) is 7.38. The molecule has 1 saturated carbocycles. The zero-order valence-electron chi connectivity index (χ0n) is 11.6. The van der Waals surface area contributed by atoms with Gasteiger partial charge in [0.2, 0.25) is 0 Å². The van der Waals surface area contributed by atoms with E-state index >= 15 is 0 Å². The average Bonchev–Trinajstić information content (AvgIpc) is 2.96. The lowest BCUT2D eigenvalue weighted by atomic mass is 10.1. The van der Waals surface area contributed by atoms with E-state index in [-0.39, 0.29) is 0 Å². The lowest BCUT2D eigenvalue weighted by molar-refractivity contribution is 0.0905. The van der Waals surface area contributed by atoms with Gasteiger partial charge < -0.3 is 15.2 Å². The predicted octanol–water partition coefficient (Wildman–Crippen LogP) is 3.12. The zero-order chi connectivity index (χ0) is 13.3. The second-order valence-electron chi connectivity index (χ2n) is 5.24. The van der Waals surface area contributed by atoms with Gasteiger partial charge in [-0.3, -0.25) is 0 Å². The third-order valence-electron chi connectivity index (χ3n) is 3.71. The molecule has 1 aliphatic rings. The van der Waals surface area contributed by atoms with Crippen LogP contribution in [0.2, 0.25) is 0 Å². The third-order valence-corrected chi connectivity index (χ3v) is 3.71. The Hall–Kier alpha value is -1.06. The molecule has 1 aromatic rings. The van der Waals surface area contributed by atoms with E-state index in [0.717, 1.165) is 36.9 Å². The normalized spacial score (nSPS) is 15.8. The minimum atomic E-state index is 0.522. The molecule has 0 atom stereocenters. The number of para-hydroxylation sites is 1. The Morgan fingerprint density at radius 3 is 2.68 bits per heavy atom. The number of benzene rings is 1. The topological polar surface area (TPSA) is 44.5 Å². The van der Waals surface area contributed by atoms with Gasteiger partial charge in [-0.05, 0) is 24.8 Å². The van der Waals surface area contributed by atoms with Crippen LogP contribution < -0.4 is 10.5 Å². The first-order valence-corrected chi connectivity index (χ1v) is 7.38. The quantitative estimate of drug-likeness (QED) is 0.733. The summed E-state index contributed by atoms with van der Waals surface area (Å²) < 4.78 is 11.4. The smallest absolute Gasteiger partial charge is 0.123 e. The fourth-order valence-electron chi connectivity index (χ4n) is 2.58. The van der Waals surface area contributed by atoms with Crippen molar-refractivity contribution in [3.05, 3.63) is 29.8 Å². The van der Waals surface area contributed by atoms with Crippen molar-refractivity contribution in [1.29, 1.82) is 0 Å². The highest BCUT2D eigenvalue weighted by Crippen LogP contribution is 2.24. The zero-order valence-corrected chi connectivity index (χ0v) is 11.6. The fourth-order valence-corrected chi connectivity index (χ4v) is 2.58. The summed E-state index contributed by atoms with van der Waals surface area (Å²) in [6, 6.07) is 7.94. The molecule has 3 nitrogen and oxygen atoms in total. The molecule has 0 unspecified atom stereocenters. The van der Waals surface area contributed by atoms with Crippen molar-refractivity contribution >= 4 is 0 Å². The summed E-state index contributed by atoms with van der Waals surface area (Å²) in [6.45, 7) is 2.94. The fraction of sp³-hybridized carbons (Fsp3) is 0.625.